The first-order chi connectivity index (χ1) is 9.69. The lowest BCUT2D eigenvalue weighted by Gasteiger charge is -2.18. The van der Waals surface area contributed by atoms with E-state index in [0.29, 0.717) is 12.4 Å². The Labute approximate surface area is 119 Å². The number of unbranched alkanes of at least 4 members (excludes halogenated alkanes) is 1. The van der Waals surface area contributed by atoms with Crippen LogP contribution in [0.25, 0.3) is 0 Å². The second-order valence-corrected chi connectivity index (χ2v) is 4.99. The minimum Gasteiger partial charge on any atom is -0.445 e. The fourth-order valence-electron chi connectivity index (χ4n) is 2.18. The van der Waals surface area contributed by atoms with E-state index in [4.69, 9.17) is 4.42 Å². The van der Waals surface area contributed by atoms with E-state index >= 15 is 0 Å². The number of rotatable bonds is 7. The van der Waals surface area contributed by atoms with Crippen LogP contribution in [0.3, 0.4) is 0 Å². The van der Waals surface area contributed by atoms with Gasteiger partial charge in [-0.2, -0.15) is 0 Å². The number of aryl methyl sites for hydroxylation is 1. The van der Waals surface area contributed by atoms with Crippen LogP contribution in [0, 0.1) is 12.7 Å². The smallest absolute Gasteiger partial charge is 0.208 e. The van der Waals surface area contributed by atoms with Crippen molar-refractivity contribution in [3.05, 3.63) is 53.5 Å². The molecule has 3 nitrogen and oxygen atoms in total. The highest BCUT2D eigenvalue weighted by Crippen LogP contribution is 2.20. The first-order valence-electron chi connectivity index (χ1n) is 7.09. The van der Waals surface area contributed by atoms with E-state index in [9.17, 15) is 4.39 Å². The number of nitrogens with zero attached hydrogens (tertiary/aromatic N) is 1. The van der Waals surface area contributed by atoms with Gasteiger partial charge in [-0.15, -0.1) is 0 Å². The van der Waals surface area contributed by atoms with Crippen LogP contribution in [0.15, 0.2) is 34.9 Å². The molecule has 1 aromatic heterocycles. The minimum absolute atomic E-state index is 0.197. The van der Waals surface area contributed by atoms with Crippen molar-refractivity contribution < 1.29 is 8.81 Å². The molecule has 0 aliphatic heterocycles. The van der Waals surface area contributed by atoms with Gasteiger partial charge in [0.1, 0.15) is 11.6 Å². The summed E-state index contributed by atoms with van der Waals surface area (Å²) in [5.41, 5.74) is 1.10. The largest absolute Gasteiger partial charge is 0.445 e. The molecule has 0 aliphatic rings. The van der Waals surface area contributed by atoms with Gasteiger partial charge in [-0.1, -0.05) is 31.9 Å². The van der Waals surface area contributed by atoms with Crippen LogP contribution in [-0.4, -0.2) is 4.98 Å². The van der Waals surface area contributed by atoms with E-state index < -0.39 is 0 Å². The van der Waals surface area contributed by atoms with Gasteiger partial charge < -0.3 is 9.73 Å². The van der Waals surface area contributed by atoms with Crippen LogP contribution in [-0.2, 0) is 6.54 Å². The van der Waals surface area contributed by atoms with Crippen molar-refractivity contribution in [1.82, 2.24) is 10.3 Å². The van der Waals surface area contributed by atoms with Gasteiger partial charge >= 0.3 is 0 Å². The third kappa shape index (κ3) is 4.17. The fourth-order valence-corrected chi connectivity index (χ4v) is 2.18. The van der Waals surface area contributed by atoms with Gasteiger partial charge in [-0.05, 0) is 31.0 Å². The zero-order valence-electron chi connectivity index (χ0n) is 12.0. The van der Waals surface area contributed by atoms with Gasteiger partial charge in [0.2, 0.25) is 5.89 Å². The van der Waals surface area contributed by atoms with E-state index in [0.717, 1.165) is 30.6 Å². The maximum Gasteiger partial charge on any atom is 0.208 e. The summed E-state index contributed by atoms with van der Waals surface area (Å²) in [5.74, 6) is 1.30. The lowest BCUT2D eigenvalue weighted by atomic mass is 10.0. The predicted molar refractivity (Wildman–Crippen MR) is 76.7 cm³/mol. The van der Waals surface area contributed by atoms with Crippen molar-refractivity contribution in [3.63, 3.8) is 0 Å². The molecule has 0 spiro atoms. The molecular formula is C16H21FN2O. The van der Waals surface area contributed by atoms with E-state index in [-0.39, 0.29) is 11.9 Å². The minimum atomic E-state index is -0.202. The molecule has 1 N–H and O–H groups in total. The van der Waals surface area contributed by atoms with E-state index in [1.54, 1.807) is 6.20 Å². The molecule has 0 fully saturated rings. The van der Waals surface area contributed by atoms with Crippen molar-refractivity contribution in [2.45, 2.75) is 45.7 Å². The van der Waals surface area contributed by atoms with Gasteiger partial charge in [-0.3, -0.25) is 0 Å². The van der Waals surface area contributed by atoms with Crippen LogP contribution in [0.2, 0.25) is 0 Å². The maximum absolute atomic E-state index is 13.0. The zero-order chi connectivity index (χ0) is 14.4. The Hall–Kier alpha value is -1.68. The Balaban J connectivity index is 2.01. The monoisotopic (exact) mass is 276 g/mol. The summed E-state index contributed by atoms with van der Waals surface area (Å²) in [5, 5.41) is 3.44. The van der Waals surface area contributed by atoms with Crippen molar-refractivity contribution >= 4 is 0 Å². The number of hydrogen-bond acceptors (Lipinski definition) is 3. The van der Waals surface area contributed by atoms with Gasteiger partial charge in [0, 0.05) is 6.04 Å². The average molecular weight is 276 g/mol. The summed E-state index contributed by atoms with van der Waals surface area (Å²) in [7, 11) is 0. The van der Waals surface area contributed by atoms with Crippen molar-refractivity contribution in [1.29, 1.82) is 0 Å². The topological polar surface area (TPSA) is 38.1 Å². The third-order valence-corrected chi connectivity index (χ3v) is 3.29. The third-order valence-electron chi connectivity index (χ3n) is 3.29. The molecule has 1 aromatic carbocycles. The highest BCUT2D eigenvalue weighted by Gasteiger charge is 2.12. The van der Waals surface area contributed by atoms with Gasteiger partial charge in [0.25, 0.3) is 0 Å². The zero-order valence-corrected chi connectivity index (χ0v) is 12.0. The highest BCUT2D eigenvalue weighted by molar-refractivity contribution is 5.20. The van der Waals surface area contributed by atoms with E-state index in [1.165, 1.54) is 12.1 Å². The molecule has 0 saturated carbocycles. The molecule has 2 rings (SSSR count). The van der Waals surface area contributed by atoms with Crippen molar-refractivity contribution in [2.24, 2.45) is 0 Å². The summed E-state index contributed by atoms with van der Waals surface area (Å²) in [6.07, 6.45) is 4.99. The summed E-state index contributed by atoms with van der Waals surface area (Å²) >= 11 is 0. The SMILES string of the molecule is CCCCC(NCc1ncc(C)o1)c1ccc(F)cc1. The van der Waals surface area contributed by atoms with Crippen LogP contribution in [0.4, 0.5) is 4.39 Å². The number of aromatic nitrogens is 1. The molecule has 20 heavy (non-hydrogen) atoms. The van der Waals surface area contributed by atoms with Gasteiger partial charge in [0.05, 0.1) is 12.7 Å². The summed E-state index contributed by atoms with van der Waals surface area (Å²) < 4.78 is 18.5. The summed E-state index contributed by atoms with van der Waals surface area (Å²) in [4.78, 5) is 4.19. The molecule has 0 saturated heterocycles. The average Bonchev–Trinajstić information content (AvgIpc) is 2.86. The van der Waals surface area contributed by atoms with Crippen LogP contribution in [0.5, 0.6) is 0 Å². The number of oxazole rings is 1. The number of hydrogen-bond donors (Lipinski definition) is 1. The lowest BCUT2D eigenvalue weighted by Crippen LogP contribution is -2.21. The molecule has 1 heterocycles. The fraction of sp³-hybridized carbons (Fsp3) is 0.438. The Morgan fingerprint density at radius 3 is 2.65 bits per heavy atom. The van der Waals surface area contributed by atoms with Gasteiger partial charge in [-0.25, -0.2) is 9.37 Å². The van der Waals surface area contributed by atoms with Crippen LogP contribution in [0.1, 0.15) is 49.4 Å². The molecule has 0 radical (unpaired) electrons. The summed E-state index contributed by atoms with van der Waals surface area (Å²) in [6, 6.07) is 6.88. The Bertz CT molecular complexity index is 522. The standard InChI is InChI=1S/C16H21FN2O/c1-3-4-5-15(13-6-8-14(17)9-7-13)18-11-16-19-10-12(2)20-16/h6-10,15,18H,3-5,11H2,1-2H3. The Morgan fingerprint density at radius 2 is 2.05 bits per heavy atom. The first-order valence-corrected chi connectivity index (χ1v) is 7.09. The number of halogens is 1. The Kier molecular flexibility index (Phi) is 5.30. The first kappa shape index (κ1) is 14.7. The summed E-state index contributed by atoms with van der Waals surface area (Å²) in [6.45, 7) is 4.63. The molecule has 1 unspecified atom stereocenters. The highest BCUT2D eigenvalue weighted by atomic mass is 19.1. The maximum atomic E-state index is 13.0. The number of nitrogens with one attached hydrogen (secondary N) is 1. The second-order valence-electron chi connectivity index (χ2n) is 4.99. The molecule has 108 valence electrons. The Morgan fingerprint density at radius 1 is 1.30 bits per heavy atom. The second kappa shape index (κ2) is 7.20. The molecule has 1 atom stereocenters. The van der Waals surface area contributed by atoms with Crippen LogP contribution >= 0.6 is 0 Å². The van der Waals surface area contributed by atoms with E-state index in [2.05, 4.69) is 17.2 Å². The molecule has 4 heteroatoms. The quantitative estimate of drug-likeness (QED) is 0.825. The molecule has 2 aromatic rings. The van der Waals surface area contributed by atoms with Gasteiger partial charge in [0.15, 0.2) is 0 Å². The molecule has 0 amide bonds. The normalized spacial score (nSPS) is 12.6. The molecule has 0 aliphatic carbocycles. The molecule has 0 bridgehead atoms. The van der Waals surface area contributed by atoms with Crippen molar-refractivity contribution in [3.8, 4) is 0 Å². The van der Waals surface area contributed by atoms with E-state index in [1.807, 2.05) is 19.1 Å². The predicted octanol–water partition coefficient (Wildman–Crippen LogP) is 4.14. The molecular weight excluding hydrogens is 255 g/mol. The lowest BCUT2D eigenvalue weighted by molar-refractivity contribution is 0.409. The van der Waals surface area contributed by atoms with Crippen molar-refractivity contribution in [2.75, 3.05) is 0 Å². The number of benzene rings is 1. The van der Waals surface area contributed by atoms with Crippen LogP contribution < -0.4 is 5.32 Å².